The topological polar surface area (TPSA) is 90.4 Å². The van der Waals surface area contributed by atoms with Crippen LogP contribution in [0.15, 0.2) is 231 Å². The van der Waals surface area contributed by atoms with Gasteiger partial charge in [-0.1, -0.05) is 131 Å². The van der Waals surface area contributed by atoms with E-state index in [9.17, 15) is 0 Å². The van der Waals surface area contributed by atoms with Gasteiger partial charge in [-0.25, -0.2) is 15.0 Å². The van der Waals surface area contributed by atoms with Gasteiger partial charge in [0.1, 0.15) is 46.2 Å². The van der Waals surface area contributed by atoms with Crippen molar-refractivity contribution in [3.63, 3.8) is 0 Å². The number of aryl methyl sites for hydroxylation is 2. The number of rotatable bonds is 19. The van der Waals surface area contributed by atoms with Crippen LogP contribution in [-0.2, 0) is 6.42 Å². The van der Waals surface area contributed by atoms with Crippen molar-refractivity contribution in [3.05, 3.63) is 247 Å². The highest BCUT2D eigenvalue weighted by atomic mass is 16.5. The molecule has 0 amide bonds. The maximum Gasteiger partial charge on any atom is 0.173 e. The van der Waals surface area contributed by atoms with Crippen LogP contribution in [0.1, 0.15) is 56.2 Å². The summed E-state index contributed by atoms with van der Waals surface area (Å²) in [6, 6.07) is 78.7. The lowest BCUT2D eigenvalue weighted by Gasteiger charge is -2.21. The van der Waals surface area contributed by atoms with Gasteiger partial charge in [-0.2, -0.15) is 0 Å². The Kier molecular flexibility index (Phi) is 14.8. The van der Waals surface area contributed by atoms with E-state index in [4.69, 9.17) is 33.9 Å². The molecule has 10 aromatic carbocycles. The van der Waals surface area contributed by atoms with E-state index in [-0.39, 0.29) is 0 Å². The van der Waals surface area contributed by atoms with Crippen LogP contribution in [0.4, 0.5) is 0 Å². The van der Waals surface area contributed by atoms with Crippen molar-refractivity contribution in [1.29, 1.82) is 0 Å². The minimum atomic E-state index is 0.462. The average molecular weight is 1100 g/mol. The molecule has 0 saturated carbocycles. The first-order chi connectivity index (χ1) is 41.3. The zero-order chi connectivity index (χ0) is 57.1. The van der Waals surface area contributed by atoms with E-state index in [1.54, 1.807) is 7.11 Å². The smallest absolute Gasteiger partial charge is 0.173 e. The SMILES string of the molecule is CCCCC(CC)Cc1cc(Oc2ccccc2)c(Oc2ccc(-n3c(-c4cc(-c5nc6ccccc6n5-c5ccccc5)cc(-c5nc6ccccc6n5-c5ccccc5)c4)nc4ccccc43)cc2)cc1Oc1cc(C)c(OC)c(C)c1. The van der Waals surface area contributed by atoms with Gasteiger partial charge in [0.05, 0.1) is 40.2 Å². The zero-order valence-electron chi connectivity index (χ0n) is 47.9. The van der Waals surface area contributed by atoms with Gasteiger partial charge in [0.15, 0.2) is 11.5 Å². The highest BCUT2D eigenvalue weighted by Gasteiger charge is 2.25. The molecule has 0 aliphatic carbocycles. The van der Waals surface area contributed by atoms with Gasteiger partial charge in [-0.3, -0.25) is 13.7 Å². The maximum absolute atomic E-state index is 6.98. The first kappa shape index (κ1) is 53.1. The summed E-state index contributed by atoms with van der Waals surface area (Å²) in [5.74, 6) is 7.55. The number of benzene rings is 10. The third-order valence-electron chi connectivity index (χ3n) is 15.8. The molecule has 1 unspecified atom stereocenters. The Labute approximate surface area is 489 Å². The normalized spacial score (nSPS) is 11.8. The Bertz CT molecular complexity index is 4310. The number of unbranched alkanes of at least 4 members (excludes halogenated alkanes) is 1. The van der Waals surface area contributed by atoms with Crippen LogP contribution in [-0.4, -0.2) is 35.8 Å². The number of imidazole rings is 3. The van der Waals surface area contributed by atoms with Gasteiger partial charge in [0.2, 0.25) is 0 Å². The van der Waals surface area contributed by atoms with Gasteiger partial charge in [-0.15, -0.1) is 0 Å². The molecule has 1 atom stereocenters. The first-order valence-corrected chi connectivity index (χ1v) is 29.0. The Balaban J connectivity index is 0.953. The second-order valence-electron chi connectivity index (χ2n) is 21.5. The molecule has 13 rings (SSSR count). The molecule has 84 heavy (non-hydrogen) atoms. The number of para-hydroxylation sites is 9. The Hall–Kier alpha value is -10.2. The van der Waals surface area contributed by atoms with Gasteiger partial charge in [0.25, 0.3) is 0 Å². The highest BCUT2D eigenvalue weighted by Crippen LogP contribution is 2.45. The number of ether oxygens (including phenoxy) is 4. The zero-order valence-corrected chi connectivity index (χ0v) is 47.9. The molecular formula is C74H64N6O4. The first-order valence-electron chi connectivity index (χ1n) is 29.0. The number of hydrogen-bond acceptors (Lipinski definition) is 7. The summed E-state index contributed by atoms with van der Waals surface area (Å²) in [7, 11) is 1.71. The highest BCUT2D eigenvalue weighted by molar-refractivity contribution is 5.90. The van der Waals surface area contributed by atoms with Crippen LogP contribution in [0.2, 0.25) is 0 Å². The van der Waals surface area contributed by atoms with E-state index < -0.39 is 0 Å². The van der Waals surface area contributed by atoms with Crippen molar-refractivity contribution in [2.75, 3.05) is 7.11 Å². The molecule has 0 radical (unpaired) electrons. The second kappa shape index (κ2) is 23.3. The average Bonchev–Trinajstić information content (AvgIpc) is 4.04. The summed E-state index contributed by atoms with van der Waals surface area (Å²) in [6.07, 6.45) is 5.31. The molecule has 0 aliphatic rings. The fourth-order valence-electron chi connectivity index (χ4n) is 11.7. The van der Waals surface area contributed by atoms with Gasteiger partial charge >= 0.3 is 0 Å². The molecule has 10 nitrogen and oxygen atoms in total. The predicted molar refractivity (Wildman–Crippen MR) is 339 cm³/mol. The van der Waals surface area contributed by atoms with Crippen molar-refractivity contribution in [2.45, 2.75) is 59.8 Å². The fourth-order valence-corrected chi connectivity index (χ4v) is 11.7. The van der Waals surface area contributed by atoms with E-state index in [0.29, 0.717) is 28.9 Å². The largest absolute Gasteiger partial charge is 0.496 e. The lowest BCUT2D eigenvalue weighted by molar-refractivity contribution is 0.399. The minimum absolute atomic E-state index is 0.462. The minimum Gasteiger partial charge on any atom is -0.496 e. The molecule has 3 aromatic heterocycles. The molecule has 3 heterocycles. The fraction of sp³-hybridized carbons (Fsp3) is 0.149. The van der Waals surface area contributed by atoms with Crippen LogP contribution in [0.25, 0.3) is 84.3 Å². The lowest BCUT2D eigenvalue weighted by Crippen LogP contribution is -2.06. The van der Waals surface area contributed by atoms with Crippen molar-refractivity contribution >= 4 is 33.1 Å². The Morgan fingerprint density at radius 2 is 0.810 bits per heavy atom. The molecule has 0 saturated heterocycles. The van der Waals surface area contributed by atoms with Crippen LogP contribution in [0, 0.1) is 19.8 Å². The third kappa shape index (κ3) is 10.5. The summed E-state index contributed by atoms with van der Waals surface area (Å²) >= 11 is 0. The van der Waals surface area contributed by atoms with Crippen LogP contribution < -0.4 is 18.9 Å². The maximum atomic E-state index is 6.98. The lowest BCUT2D eigenvalue weighted by atomic mass is 9.91. The molecule has 414 valence electrons. The Morgan fingerprint density at radius 1 is 0.405 bits per heavy atom. The number of aromatic nitrogens is 6. The summed E-state index contributed by atoms with van der Waals surface area (Å²) in [6.45, 7) is 8.62. The summed E-state index contributed by atoms with van der Waals surface area (Å²) in [5, 5.41) is 0. The molecule has 0 spiro atoms. The van der Waals surface area contributed by atoms with Crippen molar-refractivity contribution in [2.24, 2.45) is 5.92 Å². The molecule has 0 aliphatic heterocycles. The standard InChI is InChI=1S/C74H64N6O4/c1-6-8-24-51(7-2)43-52-47-69(82-59-29-16-11-17-30-59)70(48-68(52)84-61-41-49(3)71(81-5)50(4)42-61)83-60-39-37-58(38-40-60)80-67-36-23-20-33-64(67)77-74(80)55-45-53(72-75-62-31-18-21-34-65(62)78(72)56-25-12-9-13-26-56)44-54(46-55)73-76-63-32-19-22-35-66(63)79(73)57-27-14-10-15-28-57/h9-23,25-42,44-48,51H,6-8,24,43H2,1-5H3. The van der Waals surface area contributed by atoms with Gasteiger partial charge in [0, 0.05) is 39.8 Å². The molecule has 13 aromatic rings. The van der Waals surface area contributed by atoms with Crippen LogP contribution in [0.3, 0.4) is 0 Å². The van der Waals surface area contributed by atoms with Crippen molar-refractivity contribution < 1.29 is 18.9 Å². The van der Waals surface area contributed by atoms with E-state index in [1.165, 1.54) is 0 Å². The third-order valence-corrected chi connectivity index (χ3v) is 15.8. The number of methoxy groups -OCH3 is 1. The number of fused-ring (bicyclic) bond motifs is 3. The van der Waals surface area contributed by atoms with Crippen molar-refractivity contribution in [1.82, 2.24) is 28.7 Å². The monoisotopic (exact) mass is 1100 g/mol. The van der Waals surface area contributed by atoms with Crippen molar-refractivity contribution in [3.8, 4) is 91.5 Å². The molecule has 0 bridgehead atoms. The molecule has 0 N–H and O–H groups in total. The van der Waals surface area contributed by atoms with E-state index in [0.717, 1.165) is 150 Å². The van der Waals surface area contributed by atoms with Crippen LogP contribution >= 0.6 is 0 Å². The van der Waals surface area contributed by atoms with E-state index in [1.807, 2.05) is 105 Å². The Morgan fingerprint density at radius 3 is 1.26 bits per heavy atom. The molecule has 0 fully saturated rings. The molecular weight excluding hydrogens is 1040 g/mol. The summed E-state index contributed by atoms with van der Waals surface area (Å²) in [5.41, 5.74) is 14.3. The predicted octanol–water partition coefficient (Wildman–Crippen LogP) is 19.5. The summed E-state index contributed by atoms with van der Waals surface area (Å²) < 4.78 is 33.1. The number of nitrogens with zero attached hydrogens (tertiary/aromatic N) is 6. The van der Waals surface area contributed by atoms with Gasteiger partial charge < -0.3 is 18.9 Å². The van der Waals surface area contributed by atoms with E-state index in [2.05, 4.69) is 167 Å². The summed E-state index contributed by atoms with van der Waals surface area (Å²) in [4.78, 5) is 16.3. The molecule has 10 heteroatoms. The second-order valence-corrected chi connectivity index (χ2v) is 21.5. The van der Waals surface area contributed by atoms with E-state index >= 15 is 0 Å². The number of hydrogen-bond donors (Lipinski definition) is 0. The van der Waals surface area contributed by atoms with Gasteiger partial charge in [-0.05, 0) is 176 Å². The van der Waals surface area contributed by atoms with Crippen LogP contribution in [0.5, 0.6) is 40.2 Å². The quantitative estimate of drug-likeness (QED) is 0.0797.